The number of thioether (sulfide) groups is 1. The minimum atomic E-state index is 0.356. The zero-order valence-electron chi connectivity index (χ0n) is 8.70. The molecule has 3 nitrogen and oxygen atoms in total. The first-order chi connectivity index (χ1) is 7.61. The van der Waals surface area contributed by atoms with Crippen LogP contribution in [0.1, 0.15) is 6.92 Å². The van der Waals surface area contributed by atoms with E-state index in [2.05, 4.69) is 21.9 Å². The highest BCUT2D eigenvalue weighted by Crippen LogP contribution is 2.26. The number of nitrogens with zero attached hydrogens (tertiary/aromatic N) is 2. The van der Waals surface area contributed by atoms with Crippen molar-refractivity contribution in [2.24, 2.45) is 0 Å². The molecule has 0 saturated heterocycles. The maximum Gasteiger partial charge on any atom is 0.149 e. The van der Waals surface area contributed by atoms with E-state index in [1.54, 1.807) is 6.20 Å². The molecular formula is C10H11Cl2N3S. The molecule has 0 bridgehead atoms. The fourth-order valence-electron chi connectivity index (χ4n) is 0.849. The van der Waals surface area contributed by atoms with Crippen molar-refractivity contribution in [1.29, 1.82) is 0 Å². The highest BCUT2D eigenvalue weighted by molar-refractivity contribution is 8.08. The first-order valence-electron chi connectivity index (χ1n) is 4.50. The van der Waals surface area contributed by atoms with E-state index in [1.165, 1.54) is 18.0 Å². The molecule has 6 heteroatoms. The zero-order valence-corrected chi connectivity index (χ0v) is 11.0. The van der Waals surface area contributed by atoms with Gasteiger partial charge in [0.25, 0.3) is 0 Å². The first kappa shape index (κ1) is 13.4. The number of halogens is 2. The Morgan fingerprint density at radius 2 is 2.38 bits per heavy atom. The van der Waals surface area contributed by atoms with Gasteiger partial charge in [-0.2, -0.15) is 0 Å². The monoisotopic (exact) mass is 275 g/mol. The van der Waals surface area contributed by atoms with Gasteiger partial charge in [-0.15, -0.1) is 0 Å². The van der Waals surface area contributed by atoms with Gasteiger partial charge in [-0.1, -0.05) is 47.6 Å². The predicted molar refractivity (Wildman–Crippen MR) is 71.9 cm³/mol. The van der Waals surface area contributed by atoms with Crippen LogP contribution in [0.5, 0.6) is 0 Å². The quantitative estimate of drug-likeness (QED) is 0.885. The van der Waals surface area contributed by atoms with Gasteiger partial charge in [-0.25, -0.2) is 4.98 Å². The van der Waals surface area contributed by atoms with Gasteiger partial charge in [-0.05, 0) is 6.92 Å². The van der Waals surface area contributed by atoms with E-state index in [9.17, 15) is 0 Å². The van der Waals surface area contributed by atoms with E-state index in [0.717, 1.165) is 4.91 Å². The molecule has 0 radical (unpaired) electrons. The van der Waals surface area contributed by atoms with Crippen molar-refractivity contribution >= 4 is 40.8 Å². The van der Waals surface area contributed by atoms with E-state index >= 15 is 0 Å². The lowest BCUT2D eigenvalue weighted by Gasteiger charge is -2.06. The van der Waals surface area contributed by atoms with Crippen molar-refractivity contribution in [2.75, 3.05) is 11.9 Å². The van der Waals surface area contributed by atoms with E-state index in [1.807, 2.05) is 13.0 Å². The van der Waals surface area contributed by atoms with Crippen LogP contribution in [0.3, 0.4) is 0 Å². The Kier molecular flexibility index (Phi) is 5.66. The Bertz CT molecular complexity index is 407. The Morgan fingerprint density at radius 3 is 3.00 bits per heavy atom. The molecule has 1 N–H and O–H groups in total. The number of aromatic nitrogens is 2. The summed E-state index contributed by atoms with van der Waals surface area (Å²) in [5.74, 6) is 0.617. The maximum atomic E-state index is 5.85. The topological polar surface area (TPSA) is 37.8 Å². The van der Waals surface area contributed by atoms with E-state index in [0.29, 0.717) is 21.9 Å². The molecule has 0 aliphatic carbocycles. The molecule has 0 fully saturated rings. The Morgan fingerprint density at radius 1 is 1.62 bits per heavy atom. The Labute approximate surface area is 109 Å². The third kappa shape index (κ3) is 4.88. The molecule has 16 heavy (non-hydrogen) atoms. The Hall–Kier alpha value is -0.710. The predicted octanol–water partition coefficient (Wildman–Crippen LogP) is 3.89. The summed E-state index contributed by atoms with van der Waals surface area (Å²) >= 11 is 13.0. The molecule has 1 rings (SSSR count). The van der Waals surface area contributed by atoms with Crippen molar-refractivity contribution < 1.29 is 0 Å². The highest BCUT2D eigenvalue weighted by atomic mass is 35.5. The molecular weight excluding hydrogens is 265 g/mol. The SMILES string of the molecule is C=C(CNc1cncc(Cl)n1)S/C(Cl)=C\C. The smallest absolute Gasteiger partial charge is 0.149 e. The summed E-state index contributed by atoms with van der Waals surface area (Å²) < 4.78 is 0.698. The summed E-state index contributed by atoms with van der Waals surface area (Å²) in [7, 11) is 0. The number of anilines is 1. The molecule has 1 aromatic heterocycles. The minimum absolute atomic E-state index is 0.356. The van der Waals surface area contributed by atoms with E-state index in [-0.39, 0.29) is 0 Å². The van der Waals surface area contributed by atoms with Crippen LogP contribution in [-0.2, 0) is 0 Å². The van der Waals surface area contributed by atoms with Crippen LogP contribution in [-0.4, -0.2) is 16.5 Å². The molecule has 0 spiro atoms. The standard InChI is InChI=1S/C10H11Cl2N3S/c1-3-9(12)16-7(2)4-14-10-6-13-5-8(11)15-10/h3,5-6H,2,4H2,1H3,(H,14,15)/b9-3-. The largest absolute Gasteiger partial charge is 0.364 e. The number of hydrogen-bond acceptors (Lipinski definition) is 4. The summed E-state index contributed by atoms with van der Waals surface area (Å²) in [6, 6.07) is 0. The van der Waals surface area contributed by atoms with Crippen molar-refractivity contribution in [3.8, 4) is 0 Å². The van der Waals surface area contributed by atoms with Gasteiger partial charge in [-0.3, -0.25) is 4.98 Å². The molecule has 1 heterocycles. The lowest BCUT2D eigenvalue weighted by atomic mass is 10.5. The number of rotatable bonds is 5. The third-order valence-corrected chi connectivity index (χ3v) is 3.04. The van der Waals surface area contributed by atoms with Gasteiger partial charge in [0.15, 0.2) is 0 Å². The molecule has 86 valence electrons. The molecule has 0 aromatic carbocycles. The van der Waals surface area contributed by atoms with Gasteiger partial charge in [0.1, 0.15) is 11.0 Å². The second-order valence-electron chi connectivity index (χ2n) is 2.81. The molecule has 0 aliphatic heterocycles. The lowest BCUT2D eigenvalue weighted by molar-refractivity contribution is 1.16. The number of allylic oxidation sites excluding steroid dienone is 1. The third-order valence-electron chi connectivity index (χ3n) is 1.54. The second kappa shape index (κ2) is 6.78. The average Bonchev–Trinajstić information content (AvgIpc) is 2.26. The molecule has 0 saturated carbocycles. The summed E-state index contributed by atoms with van der Waals surface area (Å²) in [6.45, 7) is 6.31. The van der Waals surface area contributed by atoms with E-state index < -0.39 is 0 Å². The van der Waals surface area contributed by atoms with Crippen molar-refractivity contribution in [3.63, 3.8) is 0 Å². The van der Waals surface area contributed by atoms with Gasteiger partial charge in [0, 0.05) is 11.4 Å². The first-order valence-corrected chi connectivity index (χ1v) is 6.08. The van der Waals surface area contributed by atoms with Gasteiger partial charge >= 0.3 is 0 Å². The van der Waals surface area contributed by atoms with Crippen LogP contribution in [0.2, 0.25) is 5.15 Å². The molecule has 0 atom stereocenters. The summed E-state index contributed by atoms with van der Waals surface area (Å²) in [6.07, 6.45) is 4.89. The van der Waals surface area contributed by atoms with Crippen molar-refractivity contribution in [1.82, 2.24) is 9.97 Å². The minimum Gasteiger partial charge on any atom is -0.364 e. The fraction of sp³-hybridized carbons (Fsp3) is 0.200. The lowest BCUT2D eigenvalue weighted by Crippen LogP contribution is -2.04. The van der Waals surface area contributed by atoms with Crippen LogP contribution in [0.15, 0.2) is 34.3 Å². The fourth-order valence-corrected chi connectivity index (χ4v) is 1.86. The summed E-state index contributed by atoms with van der Waals surface area (Å²) in [4.78, 5) is 8.84. The summed E-state index contributed by atoms with van der Waals surface area (Å²) in [5, 5.41) is 3.41. The highest BCUT2D eigenvalue weighted by Gasteiger charge is 2.00. The van der Waals surface area contributed by atoms with Gasteiger partial charge < -0.3 is 5.32 Å². The number of hydrogen-bond donors (Lipinski definition) is 1. The normalized spacial score (nSPS) is 11.3. The molecule has 0 aliphatic rings. The zero-order chi connectivity index (χ0) is 12.0. The molecule has 0 unspecified atom stereocenters. The average molecular weight is 276 g/mol. The van der Waals surface area contributed by atoms with Crippen LogP contribution >= 0.6 is 35.0 Å². The van der Waals surface area contributed by atoms with Gasteiger partial charge in [0.2, 0.25) is 0 Å². The number of nitrogens with one attached hydrogen (secondary N) is 1. The van der Waals surface area contributed by atoms with E-state index in [4.69, 9.17) is 23.2 Å². The maximum absolute atomic E-state index is 5.85. The second-order valence-corrected chi connectivity index (χ2v) is 5.05. The van der Waals surface area contributed by atoms with Crippen LogP contribution in [0.4, 0.5) is 5.82 Å². The van der Waals surface area contributed by atoms with Crippen molar-refractivity contribution in [3.05, 3.63) is 39.5 Å². The van der Waals surface area contributed by atoms with Crippen LogP contribution in [0, 0.1) is 0 Å². The molecule has 0 amide bonds. The van der Waals surface area contributed by atoms with Crippen molar-refractivity contribution in [2.45, 2.75) is 6.92 Å². The molecule has 1 aromatic rings. The van der Waals surface area contributed by atoms with Gasteiger partial charge in [0.05, 0.1) is 16.8 Å². The summed E-state index contributed by atoms with van der Waals surface area (Å²) in [5.41, 5.74) is 0. The Balaban J connectivity index is 2.43. The van der Waals surface area contributed by atoms with Crippen LogP contribution < -0.4 is 5.32 Å². The van der Waals surface area contributed by atoms with Crippen LogP contribution in [0.25, 0.3) is 0 Å².